The molecule has 0 saturated heterocycles. The summed E-state index contributed by atoms with van der Waals surface area (Å²) in [5, 5.41) is 3.10. The quantitative estimate of drug-likeness (QED) is 0.657. The molecule has 0 radical (unpaired) electrons. The monoisotopic (exact) mass is 416 g/mol. The molecule has 1 N–H and O–H groups in total. The first-order valence-electron chi connectivity index (χ1n) is 10.0. The van der Waals surface area contributed by atoms with Gasteiger partial charge in [-0.3, -0.25) is 9.10 Å². The summed E-state index contributed by atoms with van der Waals surface area (Å²) in [4.78, 5) is 13.3. The van der Waals surface area contributed by atoms with Crippen LogP contribution in [-0.2, 0) is 14.8 Å². The number of rotatable bonds is 9. The van der Waals surface area contributed by atoms with E-state index in [1.165, 1.54) is 4.31 Å². The van der Waals surface area contributed by atoms with Crippen LogP contribution in [0.25, 0.3) is 0 Å². The van der Waals surface area contributed by atoms with E-state index in [0.717, 1.165) is 23.8 Å². The Bertz CT molecular complexity index is 893. The zero-order valence-electron chi connectivity index (χ0n) is 17.9. The zero-order chi connectivity index (χ0) is 21.6. The number of amides is 1. The first-order chi connectivity index (χ1) is 13.6. The minimum Gasteiger partial charge on any atom is -0.347 e. The normalized spacial score (nSPS) is 13.7. The third kappa shape index (κ3) is 6.32. The molecule has 0 spiro atoms. The van der Waals surface area contributed by atoms with Crippen LogP contribution in [0.1, 0.15) is 50.8 Å². The van der Waals surface area contributed by atoms with Crippen molar-refractivity contribution in [2.45, 2.75) is 52.6 Å². The molecule has 2 aromatic carbocycles. The van der Waals surface area contributed by atoms with Gasteiger partial charge in [0.25, 0.3) is 0 Å². The molecule has 0 aliphatic rings. The minimum atomic E-state index is -3.64. The van der Waals surface area contributed by atoms with Crippen LogP contribution < -0.4 is 9.62 Å². The molecule has 0 aliphatic heterocycles. The summed E-state index contributed by atoms with van der Waals surface area (Å²) in [6, 6.07) is 16.0. The highest BCUT2D eigenvalue weighted by atomic mass is 32.2. The van der Waals surface area contributed by atoms with Crippen molar-refractivity contribution in [2.75, 3.05) is 10.6 Å². The van der Waals surface area contributed by atoms with Crippen molar-refractivity contribution in [3.63, 3.8) is 0 Å². The molecule has 0 saturated carbocycles. The Balaban J connectivity index is 2.35. The van der Waals surface area contributed by atoms with Gasteiger partial charge in [0.2, 0.25) is 15.9 Å². The van der Waals surface area contributed by atoms with Gasteiger partial charge in [0.1, 0.15) is 6.04 Å². The van der Waals surface area contributed by atoms with E-state index in [1.807, 2.05) is 56.3 Å². The third-order valence-corrected chi connectivity index (χ3v) is 6.02. The summed E-state index contributed by atoms with van der Waals surface area (Å²) in [5.74, 6) is 0.0942. The Kier molecular flexibility index (Phi) is 7.85. The Labute approximate surface area is 175 Å². The smallest absolute Gasteiger partial charge is 0.244 e. The van der Waals surface area contributed by atoms with Crippen molar-refractivity contribution in [2.24, 2.45) is 5.92 Å². The summed E-state index contributed by atoms with van der Waals surface area (Å²) in [5.41, 5.74) is 2.55. The Morgan fingerprint density at radius 1 is 1.03 bits per heavy atom. The predicted molar refractivity (Wildman–Crippen MR) is 119 cm³/mol. The molecule has 0 bridgehead atoms. The summed E-state index contributed by atoms with van der Waals surface area (Å²) in [7, 11) is -3.64. The van der Waals surface area contributed by atoms with E-state index in [4.69, 9.17) is 0 Å². The van der Waals surface area contributed by atoms with Gasteiger partial charge in [0.05, 0.1) is 18.0 Å². The van der Waals surface area contributed by atoms with Crippen LogP contribution in [0.2, 0.25) is 0 Å². The lowest BCUT2D eigenvalue weighted by atomic mass is 9.96. The number of sulfonamides is 1. The summed E-state index contributed by atoms with van der Waals surface area (Å²) in [6.45, 7) is 7.98. The fourth-order valence-corrected chi connectivity index (χ4v) is 4.67. The number of nitrogens with one attached hydrogen (secondary N) is 1. The molecule has 6 heteroatoms. The lowest BCUT2D eigenvalue weighted by Gasteiger charge is -2.32. The molecular formula is C23H32N2O3S. The highest BCUT2D eigenvalue weighted by Crippen LogP contribution is 2.25. The number of anilines is 1. The number of benzene rings is 2. The van der Waals surface area contributed by atoms with Gasteiger partial charge in [-0.25, -0.2) is 8.42 Å². The van der Waals surface area contributed by atoms with E-state index < -0.39 is 16.1 Å². The molecule has 29 heavy (non-hydrogen) atoms. The van der Waals surface area contributed by atoms with Crippen molar-refractivity contribution in [1.29, 1.82) is 0 Å². The second-order valence-corrected chi connectivity index (χ2v) is 9.78. The molecule has 158 valence electrons. The van der Waals surface area contributed by atoms with Gasteiger partial charge in [-0.2, -0.15) is 0 Å². The molecule has 2 atom stereocenters. The van der Waals surface area contributed by atoms with E-state index in [1.54, 1.807) is 12.1 Å². The molecule has 0 aromatic heterocycles. The van der Waals surface area contributed by atoms with Crippen molar-refractivity contribution in [1.82, 2.24) is 5.32 Å². The van der Waals surface area contributed by atoms with Crippen LogP contribution in [0, 0.1) is 12.8 Å². The fourth-order valence-electron chi connectivity index (χ4n) is 3.45. The standard InChI is InChI=1S/C23H32N2O3S/c1-6-22(25(29(5,27)28)20-14-12-18(4)13-15-20)23(26)24-21(16-17(2)3)19-10-8-7-9-11-19/h7-15,17,21-22H,6,16H2,1-5H3,(H,24,26)/t21-,22+/m1/s1. The van der Waals surface area contributed by atoms with E-state index in [2.05, 4.69) is 19.2 Å². The van der Waals surface area contributed by atoms with E-state index in [-0.39, 0.29) is 11.9 Å². The van der Waals surface area contributed by atoms with Gasteiger partial charge >= 0.3 is 0 Å². The van der Waals surface area contributed by atoms with Gasteiger partial charge < -0.3 is 5.32 Å². The molecule has 0 aliphatic carbocycles. The number of nitrogens with zero attached hydrogens (tertiary/aromatic N) is 1. The molecule has 2 rings (SSSR count). The number of carbonyl (C=O) groups is 1. The highest BCUT2D eigenvalue weighted by molar-refractivity contribution is 7.92. The van der Waals surface area contributed by atoms with E-state index >= 15 is 0 Å². The van der Waals surface area contributed by atoms with Crippen LogP contribution in [-0.4, -0.2) is 26.6 Å². The van der Waals surface area contributed by atoms with Crippen LogP contribution in [0.5, 0.6) is 0 Å². The summed E-state index contributed by atoms with van der Waals surface area (Å²) >= 11 is 0. The third-order valence-electron chi connectivity index (χ3n) is 4.84. The molecule has 1 amide bonds. The fraction of sp³-hybridized carbons (Fsp3) is 0.435. The van der Waals surface area contributed by atoms with E-state index in [9.17, 15) is 13.2 Å². The lowest BCUT2D eigenvalue weighted by molar-refractivity contribution is -0.123. The Hall–Kier alpha value is -2.34. The van der Waals surface area contributed by atoms with Crippen LogP contribution in [0.15, 0.2) is 54.6 Å². The van der Waals surface area contributed by atoms with Crippen molar-refractivity contribution >= 4 is 21.6 Å². The first kappa shape index (κ1) is 22.9. The van der Waals surface area contributed by atoms with Gasteiger partial charge in [0.15, 0.2) is 0 Å². The molecule has 0 unspecified atom stereocenters. The molecule has 0 fully saturated rings. The SMILES string of the molecule is CC[C@@H](C(=O)N[C@H](CC(C)C)c1ccccc1)N(c1ccc(C)cc1)S(C)(=O)=O. The molecule has 5 nitrogen and oxygen atoms in total. The topological polar surface area (TPSA) is 66.5 Å². The number of hydrogen-bond acceptors (Lipinski definition) is 3. The highest BCUT2D eigenvalue weighted by Gasteiger charge is 2.32. The minimum absolute atomic E-state index is 0.169. The average molecular weight is 417 g/mol. The van der Waals surface area contributed by atoms with Gasteiger partial charge in [-0.15, -0.1) is 0 Å². The Morgan fingerprint density at radius 3 is 2.10 bits per heavy atom. The summed E-state index contributed by atoms with van der Waals surface area (Å²) < 4.78 is 26.4. The molecule has 0 heterocycles. The number of carbonyl (C=O) groups excluding carboxylic acids is 1. The van der Waals surface area contributed by atoms with Crippen molar-refractivity contribution in [3.05, 3.63) is 65.7 Å². The van der Waals surface area contributed by atoms with Crippen LogP contribution >= 0.6 is 0 Å². The molecule has 2 aromatic rings. The maximum atomic E-state index is 13.3. The van der Waals surface area contributed by atoms with Crippen LogP contribution in [0.3, 0.4) is 0 Å². The predicted octanol–water partition coefficient (Wildman–Crippen LogP) is 4.44. The first-order valence-corrected chi connectivity index (χ1v) is 11.9. The second kappa shape index (κ2) is 9.92. The largest absolute Gasteiger partial charge is 0.347 e. The lowest BCUT2D eigenvalue weighted by Crippen LogP contribution is -2.50. The zero-order valence-corrected chi connectivity index (χ0v) is 18.7. The van der Waals surface area contributed by atoms with Gasteiger partial charge in [-0.1, -0.05) is 68.8 Å². The van der Waals surface area contributed by atoms with Crippen molar-refractivity contribution in [3.8, 4) is 0 Å². The van der Waals surface area contributed by atoms with Crippen molar-refractivity contribution < 1.29 is 13.2 Å². The van der Waals surface area contributed by atoms with Gasteiger partial charge in [-0.05, 0) is 43.4 Å². The second-order valence-electron chi connectivity index (χ2n) is 7.92. The van der Waals surface area contributed by atoms with E-state index in [0.29, 0.717) is 18.0 Å². The average Bonchev–Trinajstić information content (AvgIpc) is 2.65. The maximum Gasteiger partial charge on any atom is 0.244 e. The summed E-state index contributed by atoms with van der Waals surface area (Å²) in [6.07, 6.45) is 2.29. The number of hydrogen-bond donors (Lipinski definition) is 1. The maximum absolute atomic E-state index is 13.3. The molecular weight excluding hydrogens is 384 g/mol. The number of aryl methyl sites for hydroxylation is 1. The van der Waals surface area contributed by atoms with Gasteiger partial charge in [0, 0.05) is 0 Å². The Morgan fingerprint density at radius 2 is 1.62 bits per heavy atom. The van der Waals surface area contributed by atoms with Crippen LogP contribution in [0.4, 0.5) is 5.69 Å².